The SMILES string of the molecule is CCOC(=O)CN(CC)Cc1nc(-c2ccccn2)no1. The molecular weight excluding hydrogens is 272 g/mol. The molecule has 0 fully saturated rings. The fraction of sp³-hybridized carbons (Fsp3) is 0.429. The molecule has 0 aliphatic carbocycles. The fourth-order valence-electron chi connectivity index (χ4n) is 1.78. The molecule has 0 N–H and O–H groups in total. The Hall–Kier alpha value is -2.28. The number of nitrogens with zero attached hydrogens (tertiary/aromatic N) is 4. The molecule has 0 saturated carbocycles. The number of rotatable bonds is 7. The Balaban J connectivity index is 1.99. The normalized spacial score (nSPS) is 10.8. The zero-order valence-electron chi connectivity index (χ0n) is 12.2. The Kier molecular flexibility index (Phi) is 5.39. The second-order valence-corrected chi connectivity index (χ2v) is 4.33. The van der Waals surface area contributed by atoms with Crippen LogP contribution in [0.15, 0.2) is 28.9 Å². The number of aromatic nitrogens is 3. The van der Waals surface area contributed by atoms with Crippen LogP contribution in [0.5, 0.6) is 0 Å². The number of likely N-dealkylation sites (N-methyl/N-ethyl adjacent to an activating group) is 1. The van der Waals surface area contributed by atoms with E-state index in [-0.39, 0.29) is 12.5 Å². The zero-order valence-corrected chi connectivity index (χ0v) is 12.2. The molecule has 21 heavy (non-hydrogen) atoms. The molecule has 0 amide bonds. The number of hydrogen-bond acceptors (Lipinski definition) is 7. The molecule has 0 saturated heterocycles. The van der Waals surface area contributed by atoms with E-state index in [2.05, 4.69) is 15.1 Å². The van der Waals surface area contributed by atoms with Crippen molar-refractivity contribution >= 4 is 5.97 Å². The van der Waals surface area contributed by atoms with Gasteiger partial charge < -0.3 is 9.26 Å². The van der Waals surface area contributed by atoms with Crippen molar-refractivity contribution in [2.45, 2.75) is 20.4 Å². The van der Waals surface area contributed by atoms with Gasteiger partial charge in [0.1, 0.15) is 5.69 Å². The van der Waals surface area contributed by atoms with Crippen molar-refractivity contribution in [3.05, 3.63) is 30.3 Å². The Morgan fingerprint density at radius 3 is 2.90 bits per heavy atom. The maximum atomic E-state index is 11.5. The molecule has 2 aromatic heterocycles. The minimum atomic E-state index is -0.260. The van der Waals surface area contributed by atoms with Gasteiger partial charge in [-0.3, -0.25) is 14.7 Å². The Labute approximate surface area is 122 Å². The van der Waals surface area contributed by atoms with E-state index >= 15 is 0 Å². The van der Waals surface area contributed by atoms with Crippen molar-refractivity contribution in [3.63, 3.8) is 0 Å². The summed E-state index contributed by atoms with van der Waals surface area (Å²) in [5.41, 5.74) is 0.654. The minimum Gasteiger partial charge on any atom is -0.465 e. The highest BCUT2D eigenvalue weighted by atomic mass is 16.5. The number of ether oxygens (including phenoxy) is 1. The molecule has 112 valence electrons. The molecule has 0 radical (unpaired) electrons. The number of carbonyl (C=O) groups excluding carboxylic acids is 1. The highest BCUT2D eigenvalue weighted by Crippen LogP contribution is 2.12. The van der Waals surface area contributed by atoms with E-state index in [9.17, 15) is 4.79 Å². The van der Waals surface area contributed by atoms with E-state index in [1.165, 1.54) is 0 Å². The number of esters is 1. The summed E-state index contributed by atoms with van der Waals surface area (Å²) in [6, 6.07) is 5.49. The second-order valence-electron chi connectivity index (χ2n) is 4.33. The summed E-state index contributed by atoms with van der Waals surface area (Å²) in [6.07, 6.45) is 1.67. The zero-order chi connectivity index (χ0) is 15.1. The first-order chi connectivity index (χ1) is 10.2. The van der Waals surface area contributed by atoms with Crippen LogP contribution in [0.2, 0.25) is 0 Å². The number of carbonyl (C=O) groups is 1. The topological polar surface area (TPSA) is 81.4 Å². The van der Waals surface area contributed by atoms with Crippen LogP contribution in [-0.4, -0.2) is 45.7 Å². The maximum Gasteiger partial charge on any atom is 0.320 e. The molecule has 2 aromatic rings. The average Bonchev–Trinajstić information content (AvgIpc) is 2.96. The van der Waals surface area contributed by atoms with Gasteiger partial charge in [0.2, 0.25) is 11.7 Å². The minimum absolute atomic E-state index is 0.200. The van der Waals surface area contributed by atoms with Gasteiger partial charge in [-0.15, -0.1) is 0 Å². The summed E-state index contributed by atoms with van der Waals surface area (Å²) in [7, 11) is 0. The number of hydrogen-bond donors (Lipinski definition) is 0. The van der Waals surface area contributed by atoms with Gasteiger partial charge in [-0.2, -0.15) is 4.98 Å². The van der Waals surface area contributed by atoms with E-state index in [4.69, 9.17) is 9.26 Å². The largest absolute Gasteiger partial charge is 0.465 e. The highest BCUT2D eigenvalue weighted by molar-refractivity contribution is 5.71. The third-order valence-electron chi connectivity index (χ3n) is 2.83. The molecule has 0 aliphatic rings. The molecule has 7 heteroatoms. The van der Waals surface area contributed by atoms with Gasteiger partial charge in [-0.25, -0.2) is 0 Å². The monoisotopic (exact) mass is 290 g/mol. The lowest BCUT2D eigenvalue weighted by molar-refractivity contribution is -0.144. The summed E-state index contributed by atoms with van der Waals surface area (Å²) in [5.74, 6) is 0.628. The van der Waals surface area contributed by atoms with Gasteiger partial charge >= 0.3 is 5.97 Å². The predicted octanol–water partition coefficient (Wildman–Crippen LogP) is 1.52. The highest BCUT2D eigenvalue weighted by Gasteiger charge is 2.15. The van der Waals surface area contributed by atoms with Crippen LogP contribution in [0.3, 0.4) is 0 Å². The molecular formula is C14H18N4O3. The van der Waals surface area contributed by atoms with Gasteiger partial charge in [-0.1, -0.05) is 18.1 Å². The first kappa shape index (κ1) is 15.1. The molecule has 2 heterocycles. The van der Waals surface area contributed by atoms with Crippen molar-refractivity contribution in [3.8, 4) is 11.5 Å². The van der Waals surface area contributed by atoms with Gasteiger partial charge in [0.15, 0.2) is 0 Å². The van der Waals surface area contributed by atoms with Crippen molar-refractivity contribution in [1.29, 1.82) is 0 Å². The molecule has 2 rings (SSSR count). The average molecular weight is 290 g/mol. The van der Waals surface area contributed by atoms with Crippen molar-refractivity contribution in [2.75, 3.05) is 19.7 Å². The third kappa shape index (κ3) is 4.35. The summed E-state index contributed by atoms with van der Waals surface area (Å²) in [5, 5.41) is 3.90. The number of pyridine rings is 1. The third-order valence-corrected chi connectivity index (χ3v) is 2.83. The first-order valence-electron chi connectivity index (χ1n) is 6.84. The van der Waals surface area contributed by atoms with Crippen LogP contribution in [0.25, 0.3) is 11.5 Å². The van der Waals surface area contributed by atoms with Crippen LogP contribution >= 0.6 is 0 Å². The maximum absolute atomic E-state index is 11.5. The summed E-state index contributed by atoms with van der Waals surface area (Å²) >= 11 is 0. The Bertz CT molecular complexity index is 571. The summed E-state index contributed by atoms with van der Waals surface area (Å²) in [4.78, 5) is 21.8. The quantitative estimate of drug-likeness (QED) is 0.715. The van der Waals surface area contributed by atoms with Crippen LogP contribution in [0.1, 0.15) is 19.7 Å². The molecule has 0 unspecified atom stereocenters. The van der Waals surface area contributed by atoms with E-state index in [0.29, 0.717) is 37.1 Å². The lowest BCUT2D eigenvalue weighted by Crippen LogP contribution is -2.30. The van der Waals surface area contributed by atoms with Crippen LogP contribution in [0, 0.1) is 0 Å². The van der Waals surface area contributed by atoms with Crippen molar-refractivity contribution in [1.82, 2.24) is 20.0 Å². The van der Waals surface area contributed by atoms with E-state index in [1.807, 2.05) is 30.0 Å². The Morgan fingerprint density at radius 2 is 2.24 bits per heavy atom. The van der Waals surface area contributed by atoms with E-state index < -0.39 is 0 Å². The smallest absolute Gasteiger partial charge is 0.320 e. The molecule has 0 aromatic carbocycles. The summed E-state index contributed by atoms with van der Waals surface area (Å²) in [6.45, 7) is 5.39. The second kappa shape index (κ2) is 7.49. The van der Waals surface area contributed by atoms with Gasteiger partial charge in [0.25, 0.3) is 0 Å². The molecule has 7 nitrogen and oxygen atoms in total. The standard InChI is InChI=1S/C14H18N4O3/c1-3-18(10-13(19)20-4-2)9-12-16-14(17-21-12)11-7-5-6-8-15-11/h5-8H,3-4,9-10H2,1-2H3. The van der Waals surface area contributed by atoms with Crippen LogP contribution in [0.4, 0.5) is 0 Å². The van der Waals surface area contributed by atoms with Gasteiger partial charge in [0, 0.05) is 6.20 Å². The van der Waals surface area contributed by atoms with E-state index in [1.54, 1.807) is 13.1 Å². The van der Waals surface area contributed by atoms with Gasteiger partial charge in [0.05, 0.1) is 19.7 Å². The predicted molar refractivity (Wildman–Crippen MR) is 75.1 cm³/mol. The lowest BCUT2D eigenvalue weighted by atomic mass is 10.3. The molecule has 0 bridgehead atoms. The van der Waals surface area contributed by atoms with Crippen LogP contribution < -0.4 is 0 Å². The molecule has 0 atom stereocenters. The Morgan fingerprint density at radius 1 is 1.38 bits per heavy atom. The van der Waals surface area contributed by atoms with Crippen LogP contribution in [-0.2, 0) is 16.1 Å². The first-order valence-corrected chi connectivity index (χ1v) is 6.84. The van der Waals surface area contributed by atoms with Crippen molar-refractivity contribution in [2.24, 2.45) is 0 Å². The summed E-state index contributed by atoms with van der Waals surface area (Å²) < 4.78 is 10.1. The molecule has 0 spiro atoms. The van der Waals surface area contributed by atoms with Crippen molar-refractivity contribution < 1.29 is 14.1 Å². The lowest BCUT2D eigenvalue weighted by Gasteiger charge is -2.16. The van der Waals surface area contributed by atoms with Gasteiger partial charge in [-0.05, 0) is 25.6 Å². The van der Waals surface area contributed by atoms with E-state index in [0.717, 1.165) is 0 Å². The fourth-order valence-corrected chi connectivity index (χ4v) is 1.78. The molecule has 0 aliphatic heterocycles.